The Kier molecular flexibility index (Phi) is 3.74. The summed E-state index contributed by atoms with van der Waals surface area (Å²) in [6, 6.07) is 0. The molecule has 22 heavy (non-hydrogen) atoms. The Balaban J connectivity index is 1.46. The van der Waals surface area contributed by atoms with Gasteiger partial charge in [-0.1, -0.05) is 6.42 Å². The predicted octanol–water partition coefficient (Wildman–Crippen LogP) is 1.18. The van der Waals surface area contributed by atoms with Crippen LogP contribution in [0.5, 0.6) is 0 Å². The van der Waals surface area contributed by atoms with Gasteiger partial charge in [0.2, 0.25) is 10.0 Å². The van der Waals surface area contributed by atoms with Crippen molar-refractivity contribution in [1.29, 1.82) is 0 Å². The second-order valence-electron chi connectivity index (χ2n) is 6.76. The summed E-state index contributed by atoms with van der Waals surface area (Å²) in [5, 5.41) is -0.123. The van der Waals surface area contributed by atoms with Crippen LogP contribution < -0.4 is 0 Å². The molecule has 0 amide bonds. The summed E-state index contributed by atoms with van der Waals surface area (Å²) < 4.78 is 28.5. The lowest BCUT2D eigenvalue weighted by Crippen LogP contribution is -2.39. The van der Waals surface area contributed by atoms with Crippen LogP contribution in [0.1, 0.15) is 43.6 Å². The van der Waals surface area contributed by atoms with E-state index in [9.17, 15) is 8.42 Å². The number of rotatable bonds is 4. The van der Waals surface area contributed by atoms with Gasteiger partial charge in [-0.05, 0) is 38.8 Å². The highest BCUT2D eigenvalue weighted by Crippen LogP contribution is 2.32. The van der Waals surface area contributed by atoms with Crippen molar-refractivity contribution in [2.75, 3.05) is 19.6 Å². The molecule has 0 radical (unpaired) electrons. The van der Waals surface area contributed by atoms with Gasteiger partial charge < -0.3 is 4.57 Å². The number of imidazole rings is 1. The summed E-state index contributed by atoms with van der Waals surface area (Å²) in [7, 11) is -3.08. The molecular weight excluding hydrogens is 300 g/mol. The number of fused-ring (bicyclic) bond motifs is 1. The molecule has 4 rings (SSSR count). The minimum absolute atomic E-state index is 0.123. The van der Waals surface area contributed by atoms with Crippen molar-refractivity contribution < 1.29 is 8.42 Å². The molecule has 0 N–H and O–H groups in total. The molecule has 122 valence electrons. The van der Waals surface area contributed by atoms with Gasteiger partial charge in [-0.15, -0.1) is 0 Å². The molecule has 0 bridgehead atoms. The maximum Gasteiger partial charge on any atom is 0.217 e. The van der Waals surface area contributed by atoms with Gasteiger partial charge in [0.1, 0.15) is 5.82 Å². The summed E-state index contributed by atoms with van der Waals surface area (Å²) in [6.45, 7) is 4.97. The Morgan fingerprint density at radius 1 is 1.09 bits per heavy atom. The monoisotopic (exact) mass is 324 g/mol. The molecule has 1 aromatic rings. The lowest BCUT2D eigenvalue weighted by molar-refractivity contribution is 0.218. The Hall–Kier alpha value is -0.920. The first-order valence-electron chi connectivity index (χ1n) is 8.39. The van der Waals surface area contributed by atoms with Crippen molar-refractivity contribution in [2.45, 2.75) is 57.0 Å². The van der Waals surface area contributed by atoms with Gasteiger partial charge in [0.15, 0.2) is 0 Å². The van der Waals surface area contributed by atoms with E-state index in [-0.39, 0.29) is 5.25 Å². The van der Waals surface area contributed by atoms with Crippen LogP contribution in [-0.4, -0.2) is 52.1 Å². The van der Waals surface area contributed by atoms with E-state index in [1.54, 1.807) is 4.31 Å². The molecule has 3 aliphatic rings. The van der Waals surface area contributed by atoms with Gasteiger partial charge in [0.05, 0.1) is 17.5 Å². The van der Waals surface area contributed by atoms with E-state index in [2.05, 4.69) is 15.7 Å². The Morgan fingerprint density at radius 3 is 2.59 bits per heavy atom. The van der Waals surface area contributed by atoms with E-state index in [0.29, 0.717) is 13.1 Å². The van der Waals surface area contributed by atoms with Crippen LogP contribution >= 0.6 is 0 Å². The normalized spacial score (nSPS) is 24.4. The van der Waals surface area contributed by atoms with Crippen molar-refractivity contribution in [2.24, 2.45) is 0 Å². The summed E-state index contributed by atoms with van der Waals surface area (Å²) in [5.74, 6) is 0.905. The molecule has 1 saturated carbocycles. The van der Waals surface area contributed by atoms with Gasteiger partial charge in [-0.2, -0.15) is 4.31 Å². The Morgan fingerprint density at radius 2 is 1.86 bits per heavy atom. The SMILES string of the molecule is O=S(=O)(C1CC1)N1CCn2cc(CN3CCCCC3)nc2C1. The molecular formula is C15H24N4O2S. The van der Waals surface area contributed by atoms with Gasteiger partial charge >= 0.3 is 0 Å². The lowest BCUT2D eigenvalue weighted by Gasteiger charge is -2.26. The smallest absolute Gasteiger partial charge is 0.217 e. The predicted molar refractivity (Wildman–Crippen MR) is 83.7 cm³/mol. The van der Waals surface area contributed by atoms with E-state index in [1.807, 2.05) is 0 Å². The number of likely N-dealkylation sites (tertiary alicyclic amines) is 1. The van der Waals surface area contributed by atoms with Gasteiger partial charge in [0, 0.05) is 25.8 Å². The summed E-state index contributed by atoms with van der Waals surface area (Å²) in [6.07, 6.45) is 7.66. The maximum absolute atomic E-state index is 12.4. The van der Waals surface area contributed by atoms with E-state index in [0.717, 1.165) is 50.5 Å². The topological polar surface area (TPSA) is 58.4 Å². The van der Waals surface area contributed by atoms with Crippen LogP contribution in [0.15, 0.2) is 6.20 Å². The van der Waals surface area contributed by atoms with Gasteiger partial charge in [-0.25, -0.2) is 13.4 Å². The zero-order chi connectivity index (χ0) is 15.2. The molecule has 0 unspecified atom stereocenters. The molecule has 3 heterocycles. The molecule has 2 fully saturated rings. The second-order valence-corrected chi connectivity index (χ2v) is 8.97. The first kappa shape index (κ1) is 14.7. The number of hydrogen-bond acceptors (Lipinski definition) is 4. The maximum atomic E-state index is 12.4. The number of sulfonamides is 1. The van der Waals surface area contributed by atoms with Gasteiger partial charge in [-0.3, -0.25) is 4.90 Å². The van der Waals surface area contributed by atoms with Crippen LogP contribution in [0.2, 0.25) is 0 Å². The number of piperidine rings is 1. The molecule has 0 atom stereocenters. The van der Waals surface area contributed by atoms with Crippen LogP contribution in [-0.2, 0) is 29.7 Å². The molecule has 6 nitrogen and oxygen atoms in total. The molecule has 0 aromatic carbocycles. The van der Waals surface area contributed by atoms with E-state index in [4.69, 9.17) is 4.98 Å². The van der Waals surface area contributed by atoms with Crippen LogP contribution in [0.4, 0.5) is 0 Å². The van der Waals surface area contributed by atoms with E-state index in [1.165, 1.54) is 19.3 Å². The zero-order valence-corrected chi connectivity index (χ0v) is 13.8. The molecule has 0 spiro atoms. The molecule has 1 aliphatic carbocycles. The third-order valence-electron chi connectivity index (χ3n) is 4.96. The zero-order valence-electron chi connectivity index (χ0n) is 12.9. The van der Waals surface area contributed by atoms with Crippen molar-refractivity contribution in [1.82, 2.24) is 18.8 Å². The fourth-order valence-electron chi connectivity index (χ4n) is 3.51. The van der Waals surface area contributed by atoms with E-state index >= 15 is 0 Å². The Bertz CT molecular complexity index is 644. The standard InChI is InChI=1S/C15H24N4O2S/c20-22(21,14-4-5-14)19-9-8-18-11-13(16-15(18)12-19)10-17-6-2-1-3-7-17/h11,14H,1-10,12H2. The summed E-state index contributed by atoms with van der Waals surface area (Å²) in [4.78, 5) is 7.16. The Labute approximate surface area is 132 Å². The highest BCUT2D eigenvalue weighted by molar-refractivity contribution is 7.90. The molecule has 7 heteroatoms. The van der Waals surface area contributed by atoms with Crippen molar-refractivity contribution in [3.8, 4) is 0 Å². The van der Waals surface area contributed by atoms with Crippen molar-refractivity contribution in [3.63, 3.8) is 0 Å². The van der Waals surface area contributed by atoms with Crippen LogP contribution in [0.3, 0.4) is 0 Å². The average molecular weight is 324 g/mol. The van der Waals surface area contributed by atoms with Gasteiger partial charge in [0.25, 0.3) is 0 Å². The fraction of sp³-hybridized carbons (Fsp3) is 0.800. The number of aromatic nitrogens is 2. The molecule has 1 aromatic heterocycles. The van der Waals surface area contributed by atoms with Crippen molar-refractivity contribution >= 4 is 10.0 Å². The number of nitrogens with zero attached hydrogens (tertiary/aromatic N) is 4. The third kappa shape index (κ3) is 2.81. The first-order chi connectivity index (χ1) is 10.6. The summed E-state index contributed by atoms with van der Waals surface area (Å²) >= 11 is 0. The summed E-state index contributed by atoms with van der Waals surface area (Å²) in [5.41, 5.74) is 1.09. The highest BCUT2D eigenvalue weighted by atomic mass is 32.2. The van der Waals surface area contributed by atoms with E-state index < -0.39 is 10.0 Å². The largest absolute Gasteiger partial charge is 0.332 e. The third-order valence-corrected chi connectivity index (χ3v) is 7.30. The minimum Gasteiger partial charge on any atom is -0.332 e. The van der Waals surface area contributed by atoms with Crippen LogP contribution in [0, 0.1) is 0 Å². The second kappa shape index (κ2) is 5.62. The minimum atomic E-state index is -3.08. The van der Waals surface area contributed by atoms with Crippen LogP contribution in [0.25, 0.3) is 0 Å². The quantitative estimate of drug-likeness (QED) is 0.834. The molecule has 2 aliphatic heterocycles. The fourth-order valence-corrected chi connectivity index (χ4v) is 5.29. The first-order valence-corrected chi connectivity index (χ1v) is 9.89. The highest BCUT2D eigenvalue weighted by Gasteiger charge is 2.41. The average Bonchev–Trinajstić information content (AvgIpc) is 3.29. The lowest BCUT2D eigenvalue weighted by atomic mass is 10.1. The molecule has 1 saturated heterocycles. The number of hydrogen-bond donors (Lipinski definition) is 0. The van der Waals surface area contributed by atoms with Crippen molar-refractivity contribution in [3.05, 3.63) is 17.7 Å².